The summed E-state index contributed by atoms with van der Waals surface area (Å²) in [5.74, 6) is 1.04. The second-order valence-corrected chi connectivity index (χ2v) is 9.21. The van der Waals surface area contributed by atoms with Gasteiger partial charge in [0.1, 0.15) is 5.75 Å². The average Bonchev–Trinajstić information content (AvgIpc) is 3.33. The first-order valence-electron chi connectivity index (χ1n) is 11.6. The number of aromatic nitrogens is 3. The molecule has 2 aromatic rings. The molecule has 0 radical (unpaired) electrons. The Morgan fingerprint density at radius 2 is 1.94 bits per heavy atom. The number of methoxy groups -OCH3 is 1. The van der Waals surface area contributed by atoms with Gasteiger partial charge < -0.3 is 20.3 Å². The number of para-hydroxylation sites is 2. The number of hydrogen-bond acceptors (Lipinski definition) is 7. The van der Waals surface area contributed by atoms with Gasteiger partial charge in [0.2, 0.25) is 5.91 Å². The van der Waals surface area contributed by atoms with Crippen molar-refractivity contribution in [2.24, 2.45) is 17.6 Å². The highest BCUT2D eigenvalue weighted by Gasteiger charge is 2.44. The van der Waals surface area contributed by atoms with Crippen molar-refractivity contribution in [2.45, 2.75) is 25.4 Å². The Hall–Kier alpha value is -3.14. The number of nitrogens with zero attached hydrogens (tertiary/aromatic N) is 6. The number of piperidine rings is 3. The molecule has 5 heterocycles. The van der Waals surface area contributed by atoms with Crippen LogP contribution in [0.3, 0.4) is 0 Å². The number of ether oxygens (including phenoxy) is 1. The minimum atomic E-state index is -0.566. The lowest BCUT2D eigenvalue weighted by Crippen LogP contribution is -2.60. The minimum Gasteiger partial charge on any atom is -0.495 e. The Bertz CT molecular complexity index is 1020. The first-order valence-corrected chi connectivity index (χ1v) is 11.6. The van der Waals surface area contributed by atoms with Gasteiger partial charge in [-0.1, -0.05) is 17.3 Å². The first-order chi connectivity index (χ1) is 16.0. The number of nitrogens with two attached hydrogens (primary N) is 1. The van der Waals surface area contributed by atoms with Crippen LogP contribution < -0.4 is 15.4 Å². The number of rotatable bonds is 6. The summed E-state index contributed by atoms with van der Waals surface area (Å²) in [7, 11) is 1.69. The number of piperazine rings is 1. The summed E-state index contributed by atoms with van der Waals surface area (Å²) in [6.45, 7) is 5.54. The number of anilines is 1. The van der Waals surface area contributed by atoms with Crippen LogP contribution in [0.4, 0.5) is 5.69 Å². The molecule has 0 saturated carbocycles. The SMILES string of the molecule is COc1ccccc1N1CCN(C(=O)[C@H]2CN3CCC2C[C@@H]3Cn2cc(C(N)=O)nn2)CC1. The molecule has 2 amide bonds. The largest absolute Gasteiger partial charge is 0.495 e. The second-order valence-electron chi connectivity index (χ2n) is 9.21. The summed E-state index contributed by atoms with van der Waals surface area (Å²) in [5.41, 5.74) is 6.56. The fourth-order valence-corrected chi connectivity index (χ4v) is 5.62. The van der Waals surface area contributed by atoms with Gasteiger partial charge in [-0.3, -0.25) is 19.2 Å². The highest BCUT2D eigenvalue weighted by molar-refractivity contribution is 5.90. The van der Waals surface area contributed by atoms with E-state index < -0.39 is 5.91 Å². The van der Waals surface area contributed by atoms with Crippen molar-refractivity contribution in [1.82, 2.24) is 24.8 Å². The molecule has 2 bridgehead atoms. The molecule has 176 valence electrons. The Morgan fingerprint density at radius 1 is 1.15 bits per heavy atom. The average molecular weight is 454 g/mol. The summed E-state index contributed by atoms with van der Waals surface area (Å²) in [5, 5.41) is 7.87. The van der Waals surface area contributed by atoms with Crippen molar-refractivity contribution in [3.05, 3.63) is 36.2 Å². The fraction of sp³-hybridized carbons (Fsp3) is 0.565. The molecule has 1 aromatic heterocycles. The van der Waals surface area contributed by atoms with Crippen molar-refractivity contribution >= 4 is 17.5 Å². The predicted molar refractivity (Wildman–Crippen MR) is 122 cm³/mol. The molecule has 4 aliphatic rings. The van der Waals surface area contributed by atoms with Crippen molar-refractivity contribution in [3.8, 4) is 5.75 Å². The second kappa shape index (κ2) is 9.01. The van der Waals surface area contributed by atoms with E-state index in [1.54, 1.807) is 18.0 Å². The summed E-state index contributed by atoms with van der Waals surface area (Å²) in [6, 6.07) is 8.35. The summed E-state index contributed by atoms with van der Waals surface area (Å²) < 4.78 is 7.20. The van der Waals surface area contributed by atoms with E-state index in [1.807, 2.05) is 23.1 Å². The molecule has 4 fully saturated rings. The van der Waals surface area contributed by atoms with E-state index in [0.717, 1.165) is 63.5 Å². The zero-order chi connectivity index (χ0) is 22.9. The molecule has 2 N–H and O–H groups in total. The number of fused-ring (bicyclic) bond motifs is 3. The van der Waals surface area contributed by atoms with Crippen molar-refractivity contribution in [3.63, 3.8) is 0 Å². The quantitative estimate of drug-likeness (QED) is 0.676. The van der Waals surface area contributed by atoms with Gasteiger partial charge in [0.25, 0.3) is 5.91 Å². The Morgan fingerprint density at radius 3 is 2.61 bits per heavy atom. The third kappa shape index (κ3) is 4.27. The number of hydrogen-bond donors (Lipinski definition) is 1. The van der Waals surface area contributed by atoms with Crippen LogP contribution in [0.2, 0.25) is 0 Å². The standard InChI is InChI=1S/C23H31N7O3/c1-33-21-5-3-2-4-20(21)27-8-10-28(11-9-27)23(32)18-14-29-7-6-16(18)12-17(29)13-30-15-19(22(24)31)25-26-30/h2-5,15-18H,6-14H2,1H3,(H2,24,31)/t16?,17-,18+/m1/s1. The van der Waals surface area contributed by atoms with Gasteiger partial charge >= 0.3 is 0 Å². The van der Waals surface area contributed by atoms with E-state index in [0.29, 0.717) is 24.4 Å². The van der Waals surface area contributed by atoms with E-state index in [9.17, 15) is 9.59 Å². The van der Waals surface area contributed by atoms with Gasteiger partial charge in [-0.15, -0.1) is 5.10 Å². The topological polar surface area (TPSA) is 110 Å². The normalized spacial score (nSPS) is 26.9. The van der Waals surface area contributed by atoms with Crippen LogP contribution >= 0.6 is 0 Å². The lowest BCUT2D eigenvalue weighted by Gasteiger charge is -2.50. The molecular weight excluding hydrogens is 422 g/mol. The Balaban J connectivity index is 1.18. The maximum Gasteiger partial charge on any atom is 0.270 e. The highest BCUT2D eigenvalue weighted by atomic mass is 16.5. The number of benzene rings is 1. The molecule has 6 rings (SSSR count). The zero-order valence-electron chi connectivity index (χ0n) is 19.0. The monoisotopic (exact) mass is 453 g/mol. The molecule has 4 saturated heterocycles. The molecule has 0 spiro atoms. The van der Waals surface area contributed by atoms with E-state index in [1.165, 1.54) is 0 Å². The maximum atomic E-state index is 13.4. The van der Waals surface area contributed by atoms with Gasteiger partial charge in [-0.05, 0) is 37.4 Å². The van der Waals surface area contributed by atoms with Crippen molar-refractivity contribution in [2.75, 3.05) is 51.3 Å². The van der Waals surface area contributed by atoms with Gasteiger partial charge in [0.05, 0.1) is 31.5 Å². The van der Waals surface area contributed by atoms with E-state index in [-0.39, 0.29) is 11.6 Å². The predicted octanol–water partition coefficient (Wildman–Crippen LogP) is 0.445. The number of carbonyl (C=O) groups excluding carboxylic acids is 2. The molecule has 2 unspecified atom stereocenters. The maximum absolute atomic E-state index is 13.4. The van der Waals surface area contributed by atoms with E-state index in [4.69, 9.17) is 10.5 Å². The van der Waals surface area contributed by atoms with E-state index >= 15 is 0 Å². The van der Waals surface area contributed by atoms with Gasteiger partial charge in [-0.2, -0.15) is 0 Å². The lowest BCUT2D eigenvalue weighted by atomic mass is 9.75. The molecule has 33 heavy (non-hydrogen) atoms. The molecule has 4 aliphatic heterocycles. The van der Waals surface area contributed by atoms with Gasteiger partial charge in [-0.25, -0.2) is 0 Å². The van der Waals surface area contributed by atoms with Crippen LogP contribution in [-0.4, -0.2) is 89.0 Å². The summed E-state index contributed by atoms with van der Waals surface area (Å²) >= 11 is 0. The van der Waals surface area contributed by atoms with Crippen LogP contribution in [0.5, 0.6) is 5.75 Å². The molecule has 0 aliphatic carbocycles. The fourth-order valence-electron chi connectivity index (χ4n) is 5.62. The summed E-state index contributed by atoms with van der Waals surface area (Å²) in [6.07, 6.45) is 3.62. The summed E-state index contributed by atoms with van der Waals surface area (Å²) in [4.78, 5) is 31.5. The van der Waals surface area contributed by atoms with Crippen LogP contribution in [0.25, 0.3) is 0 Å². The van der Waals surface area contributed by atoms with Crippen LogP contribution in [-0.2, 0) is 11.3 Å². The van der Waals surface area contributed by atoms with Gasteiger partial charge in [0.15, 0.2) is 5.69 Å². The first kappa shape index (κ1) is 21.7. The Kier molecular flexibility index (Phi) is 5.92. The Labute approximate surface area is 193 Å². The third-order valence-corrected chi connectivity index (χ3v) is 7.40. The molecule has 10 nitrogen and oxygen atoms in total. The van der Waals surface area contributed by atoms with Crippen molar-refractivity contribution < 1.29 is 14.3 Å². The van der Waals surface area contributed by atoms with Crippen LogP contribution in [0, 0.1) is 11.8 Å². The van der Waals surface area contributed by atoms with Gasteiger partial charge in [0, 0.05) is 38.8 Å². The van der Waals surface area contributed by atoms with Crippen LogP contribution in [0.1, 0.15) is 23.3 Å². The van der Waals surface area contributed by atoms with Crippen LogP contribution in [0.15, 0.2) is 30.5 Å². The third-order valence-electron chi connectivity index (χ3n) is 7.40. The lowest BCUT2D eigenvalue weighted by molar-refractivity contribution is -0.144. The van der Waals surface area contributed by atoms with Crippen molar-refractivity contribution in [1.29, 1.82) is 0 Å². The minimum absolute atomic E-state index is 0.0599. The molecular formula is C23H31N7O3. The zero-order valence-corrected chi connectivity index (χ0v) is 19.0. The molecule has 1 aromatic carbocycles. The smallest absolute Gasteiger partial charge is 0.270 e. The van der Waals surface area contributed by atoms with E-state index in [2.05, 4.69) is 26.2 Å². The molecule has 10 heteroatoms. The highest BCUT2D eigenvalue weighted by Crippen LogP contribution is 2.38. The molecule has 4 atom stereocenters. The number of primary amides is 1. The number of carbonyl (C=O) groups is 2. The number of amides is 2.